The number of hydrogen-bond donors (Lipinski definition) is 2. The van der Waals surface area contributed by atoms with Gasteiger partial charge >= 0.3 is 0 Å². The fraction of sp³-hybridized carbons (Fsp3) is 0.294. The van der Waals surface area contributed by atoms with Crippen LogP contribution in [-0.4, -0.2) is 18.3 Å². The fourth-order valence-electron chi connectivity index (χ4n) is 2.10. The van der Waals surface area contributed by atoms with Crippen molar-refractivity contribution in [2.75, 3.05) is 13.2 Å². The van der Waals surface area contributed by atoms with Crippen LogP contribution in [0.1, 0.15) is 24.2 Å². The van der Waals surface area contributed by atoms with Gasteiger partial charge in [0.2, 0.25) is 0 Å². The molecular formula is C17H20BrNO2. The first kappa shape index (κ1) is 16.0. The molecule has 0 aliphatic heterocycles. The molecule has 0 spiro atoms. The Morgan fingerprint density at radius 3 is 2.76 bits per heavy atom. The van der Waals surface area contributed by atoms with Crippen LogP contribution in [0.2, 0.25) is 0 Å². The number of aliphatic hydroxyl groups excluding tert-OH is 1. The highest BCUT2D eigenvalue weighted by atomic mass is 79.9. The summed E-state index contributed by atoms with van der Waals surface area (Å²) in [7, 11) is 0. The molecule has 0 radical (unpaired) electrons. The third-order valence-electron chi connectivity index (χ3n) is 3.11. The van der Waals surface area contributed by atoms with Crippen LogP contribution in [0.25, 0.3) is 0 Å². The van der Waals surface area contributed by atoms with Gasteiger partial charge in [0.1, 0.15) is 5.75 Å². The third kappa shape index (κ3) is 5.16. The van der Waals surface area contributed by atoms with Crippen molar-refractivity contribution in [1.29, 1.82) is 0 Å². The summed E-state index contributed by atoms with van der Waals surface area (Å²) < 4.78 is 6.45. The Balaban J connectivity index is 1.85. The predicted octanol–water partition coefficient (Wildman–Crippen LogP) is 3.67. The van der Waals surface area contributed by atoms with E-state index in [-0.39, 0.29) is 0 Å². The molecule has 0 bridgehead atoms. The highest BCUT2D eigenvalue weighted by Gasteiger charge is 2.07. The Morgan fingerprint density at radius 1 is 1.19 bits per heavy atom. The molecule has 1 atom stereocenters. The van der Waals surface area contributed by atoms with Crippen molar-refractivity contribution < 1.29 is 9.84 Å². The molecule has 0 aromatic heterocycles. The lowest BCUT2D eigenvalue weighted by Crippen LogP contribution is -2.21. The van der Waals surface area contributed by atoms with Crippen LogP contribution in [0.4, 0.5) is 0 Å². The standard InChI is InChI=1S/C17H20BrNO2/c1-2-21-16-8-3-5-13(9-16)11-19-12-17(20)14-6-4-7-15(18)10-14/h3-10,17,19-20H,2,11-12H2,1H3. The van der Waals surface area contributed by atoms with Crippen molar-refractivity contribution in [2.45, 2.75) is 19.6 Å². The van der Waals surface area contributed by atoms with Gasteiger partial charge in [0.05, 0.1) is 12.7 Å². The van der Waals surface area contributed by atoms with Crippen LogP contribution in [0.5, 0.6) is 5.75 Å². The van der Waals surface area contributed by atoms with Crippen LogP contribution in [0.3, 0.4) is 0 Å². The summed E-state index contributed by atoms with van der Waals surface area (Å²) in [6.45, 7) is 3.85. The zero-order valence-electron chi connectivity index (χ0n) is 12.1. The normalized spacial score (nSPS) is 12.1. The lowest BCUT2D eigenvalue weighted by molar-refractivity contribution is 0.174. The van der Waals surface area contributed by atoms with Crippen LogP contribution in [0, 0.1) is 0 Å². The van der Waals surface area contributed by atoms with Crippen molar-refractivity contribution in [3.63, 3.8) is 0 Å². The minimum absolute atomic E-state index is 0.509. The number of ether oxygens (including phenoxy) is 1. The molecule has 1 unspecified atom stereocenters. The molecule has 0 saturated carbocycles. The van der Waals surface area contributed by atoms with Gasteiger partial charge in [0, 0.05) is 17.6 Å². The first-order valence-corrected chi connectivity index (χ1v) is 7.84. The molecule has 0 aliphatic carbocycles. The molecule has 0 amide bonds. The molecule has 2 N–H and O–H groups in total. The third-order valence-corrected chi connectivity index (χ3v) is 3.60. The Labute approximate surface area is 134 Å². The van der Waals surface area contributed by atoms with Crippen LogP contribution in [0.15, 0.2) is 53.0 Å². The van der Waals surface area contributed by atoms with Gasteiger partial charge in [-0.1, -0.05) is 40.2 Å². The first-order chi connectivity index (χ1) is 10.2. The highest BCUT2D eigenvalue weighted by molar-refractivity contribution is 9.10. The Hall–Kier alpha value is -1.36. The van der Waals surface area contributed by atoms with Gasteiger partial charge in [-0.15, -0.1) is 0 Å². The summed E-state index contributed by atoms with van der Waals surface area (Å²) in [6, 6.07) is 15.7. The maximum atomic E-state index is 10.2. The maximum absolute atomic E-state index is 10.2. The summed E-state index contributed by atoms with van der Waals surface area (Å²) >= 11 is 3.41. The molecule has 2 aromatic carbocycles. The van der Waals surface area contributed by atoms with Gasteiger partial charge < -0.3 is 15.2 Å². The van der Waals surface area contributed by atoms with E-state index in [0.717, 1.165) is 21.3 Å². The molecule has 112 valence electrons. The highest BCUT2D eigenvalue weighted by Crippen LogP contribution is 2.18. The molecule has 2 aromatic rings. The van der Waals surface area contributed by atoms with E-state index in [1.807, 2.05) is 55.5 Å². The summed E-state index contributed by atoms with van der Waals surface area (Å²) in [5, 5.41) is 13.4. The van der Waals surface area contributed by atoms with Gasteiger partial charge in [0.25, 0.3) is 0 Å². The number of aliphatic hydroxyl groups is 1. The Bertz CT molecular complexity index is 574. The van der Waals surface area contributed by atoms with Gasteiger partial charge in [-0.3, -0.25) is 0 Å². The summed E-state index contributed by atoms with van der Waals surface area (Å²) in [5.74, 6) is 0.879. The molecule has 2 rings (SSSR count). The van der Waals surface area contributed by atoms with Gasteiger partial charge in [-0.2, -0.15) is 0 Å². The monoisotopic (exact) mass is 349 g/mol. The summed E-state index contributed by atoms with van der Waals surface area (Å²) in [6.07, 6.45) is -0.516. The van der Waals surface area contributed by atoms with Crippen molar-refractivity contribution >= 4 is 15.9 Å². The van der Waals surface area contributed by atoms with Gasteiger partial charge in [-0.25, -0.2) is 0 Å². The molecule has 0 fully saturated rings. The van der Waals surface area contributed by atoms with Crippen molar-refractivity contribution in [3.8, 4) is 5.75 Å². The SMILES string of the molecule is CCOc1cccc(CNCC(O)c2cccc(Br)c2)c1. The fourth-order valence-corrected chi connectivity index (χ4v) is 2.51. The lowest BCUT2D eigenvalue weighted by atomic mass is 10.1. The van der Waals surface area contributed by atoms with Crippen LogP contribution < -0.4 is 10.1 Å². The molecule has 0 saturated heterocycles. The molecular weight excluding hydrogens is 330 g/mol. The second kappa shape index (κ2) is 8.17. The smallest absolute Gasteiger partial charge is 0.119 e. The molecule has 0 heterocycles. The van der Waals surface area contributed by atoms with E-state index < -0.39 is 6.10 Å². The van der Waals surface area contributed by atoms with Gasteiger partial charge in [0.15, 0.2) is 0 Å². The van der Waals surface area contributed by atoms with Crippen molar-refractivity contribution in [3.05, 3.63) is 64.1 Å². The Morgan fingerprint density at radius 2 is 2.00 bits per heavy atom. The average Bonchev–Trinajstić information content (AvgIpc) is 2.48. The van der Waals surface area contributed by atoms with E-state index in [1.54, 1.807) is 0 Å². The van der Waals surface area contributed by atoms with E-state index in [2.05, 4.69) is 21.2 Å². The maximum Gasteiger partial charge on any atom is 0.119 e. The second-order valence-corrected chi connectivity index (χ2v) is 5.70. The molecule has 4 heteroatoms. The Kier molecular flexibility index (Phi) is 6.23. The quantitative estimate of drug-likeness (QED) is 0.801. The van der Waals surface area contributed by atoms with Crippen molar-refractivity contribution in [2.24, 2.45) is 0 Å². The number of benzene rings is 2. The van der Waals surface area contributed by atoms with E-state index in [9.17, 15) is 5.11 Å². The van der Waals surface area contributed by atoms with E-state index in [1.165, 1.54) is 0 Å². The van der Waals surface area contributed by atoms with E-state index >= 15 is 0 Å². The molecule has 0 aliphatic rings. The number of rotatable bonds is 7. The summed E-state index contributed by atoms with van der Waals surface area (Å²) in [5.41, 5.74) is 2.04. The topological polar surface area (TPSA) is 41.5 Å². The first-order valence-electron chi connectivity index (χ1n) is 7.05. The van der Waals surface area contributed by atoms with Crippen LogP contribution in [-0.2, 0) is 6.54 Å². The average molecular weight is 350 g/mol. The molecule has 3 nitrogen and oxygen atoms in total. The van der Waals surface area contributed by atoms with E-state index in [0.29, 0.717) is 19.7 Å². The van der Waals surface area contributed by atoms with Crippen LogP contribution >= 0.6 is 15.9 Å². The minimum Gasteiger partial charge on any atom is -0.494 e. The lowest BCUT2D eigenvalue weighted by Gasteiger charge is -2.13. The second-order valence-electron chi connectivity index (χ2n) is 4.78. The largest absolute Gasteiger partial charge is 0.494 e. The molecule has 21 heavy (non-hydrogen) atoms. The summed E-state index contributed by atoms with van der Waals surface area (Å²) in [4.78, 5) is 0. The van der Waals surface area contributed by atoms with E-state index in [4.69, 9.17) is 4.74 Å². The van der Waals surface area contributed by atoms with Crippen molar-refractivity contribution in [1.82, 2.24) is 5.32 Å². The zero-order valence-corrected chi connectivity index (χ0v) is 13.6. The predicted molar refractivity (Wildman–Crippen MR) is 88.4 cm³/mol. The minimum atomic E-state index is -0.516. The number of nitrogens with one attached hydrogen (secondary N) is 1. The van der Waals surface area contributed by atoms with Gasteiger partial charge in [-0.05, 0) is 42.3 Å². The zero-order chi connectivity index (χ0) is 15.1. The number of halogens is 1. The number of hydrogen-bond acceptors (Lipinski definition) is 3.